The summed E-state index contributed by atoms with van der Waals surface area (Å²) in [6, 6.07) is 0. The van der Waals surface area contributed by atoms with Crippen molar-refractivity contribution in [3.8, 4) is 0 Å². The summed E-state index contributed by atoms with van der Waals surface area (Å²) in [7, 11) is 1.99. The molecule has 144 valence electrons. The smallest absolute Gasteiger partial charge is 0.219 e. The predicted octanol–water partition coefficient (Wildman–Crippen LogP) is 4.12. The van der Waals surface area contributed by atoms with Crippen LogP contribution in [0.15, 0.2) is 0 Å². The summed E-state index contributed by atoms with van der Waals surface area (Å²) in [6.45, 7) is 4.82. The van der Waals surface area contributed by atoms with Gasteiger partial charge in [0, 0.05) is 19.5 Å². The Hall–Kier alpha value is -0.610. The minimum atomic E-state index is 0.190. The number of amides is 1. The van der Waals surface area contributed by atoms with Crippen LogP contribution >= 0.6 is 0 Å². The molecule has 0 heterocycles. The highest BCUT2D eigenvalue weighted by molar-refractivity contribution is 5.75. The second kappa shape index (κ2) is 18.7. The molecule has 0 atom stereocenters. The van der Waals surface area contributed by atoms with Crippen LogP contribution in [0.2, 0.25) is 0 Å². The summed E-state index contributed by atoms with van der Waals surface area (Å²) in [5.74, 6) is 0.190. The number of hydrogen-bond acceptors (Lipinski definition) is 3. The van der Waals surface area contributed by atoms with Gasteiger partial charge in [-0.15, -0.1) is 0 Å². The average molecular weight is 343 g/mol. The van der Waals surface area contributed by atoms with Gasteiger partial charge in [-0.2, -0.15) is 0 Å². The number of aliphatic hydroxyl groups excluding tert-OH is 1. The van der Waals surface area contributed by atoms with Gasteiger partial charge in [0.15, 0.2) is 0 Å². The fourth-order valence-corrected chi connectivity index (χ4v) is 2.90. The first-order chi connectivity index (χ1) is 11.7. The molecule has 0 aliphatic heterocycles. The second-order valence-corrected chi connectivity index (χ2v) is 7.02. The summed E-state index contributed by atoms with van der Waals surface area (Å²) < 4.78 is 0. The number of likely N-dealkylation sites (N-methyl/N-ethyl adjacent to an activating group) is 1. The summed E-state index contributed by atoms with van der Waals surface area (Å²) in [6.07, 6.45) is 16.1. The van der Waals surface area contributed by atoms with E-state index >= 15 is 0 Å². The third-order valence-electron chi connectivity index (χ3n) is 4.53. The molecule has 0 bridgehead atoms. The molecule has 0 unspecified atom stereocenters. The minimum absolute atomic E-state index is 0.190. The fourth-order valence-electron chi connectivity index (χ4n) is 2.90. The Kier molecular flexibility index (Phi) is 18.2. The predicted molar refractivity (Wildman–Crippen MR) is 103 cm³/mol. The zero-order chi connectivity index (χ0) is 17.9. The monoisotopic (exact) mass is 342 g/mol. The Morgan fingerprint density at radius 1 is 0.833 bits per heavy atom. The molecule has 0 aromatic rings. The van der Waals surface area contributed by atoms with E-state index in [1.807, 2.05) is 7.05 Å². The summed E-state index contributed by atoms with van der Waals surface area (Å²) in [4.78, 5) is 13.8. The molecule has 0 spiro atoms. The van der Waals surface area contributed by atoms with Crippen molar-refractivity contribution < 1.29 is 9.90 Å². The first-order valence-corrected chi connectivity index (χ1v) is 10.3. The van der Waals surface area contributed by atoms with Gasteiger partial charge in [0.25, 0.3) is 0 Å². The van der Waals surface area contributed by atoms with Crippen LogP contribution in [0, 0.1) is 0 Å². The van der Waals surface area contributed by atoms with Crippen molar-refractivity contribution >= 4 is 5.91 Å². The molecule has 0 saturated carbocycles. The second-order valence-electron chi connectivity index (χ2n) is 7.02. The minimum Gasteiger partial charge on any atom is -0.395 e. The Bertz CT molecular complexity index is 272. The Labute approximate surface area is 150 Å². The largest absolute Gasteiger partial charge is 0.395 e. The van der Waals surface area contributed by atoms with Crippen molar-refractivity contribution in [2.75, 3.05) is 33.3 Å². The van der Waals surface area contributed by atoms with E-state index in [1.54, 1.807) is 0 Å². The lowest BCUT2D eigenvalue weighted by atomic mass is 10.1. The lowest BCUT2D eigenvalue weighted by molar-refractivity contribution is -0.121. The van der Waals surface area contributed by atoms with Crippen molar-refractivity contribution in [3.63, 3.8) is 0 Å². The molecule has 4 nitrogen and oxygen atoms in total. The number of carbonyl (C=O) groups excluding carboxylic acids is 1. The van der Waals surface area contributed by atoms with E-state index in [4.69, 9.17) is 5.11 Å². The van der Waals surface area contributed by atoms with Crippen LogP contribution in [0.3, 0.4) is 0 Å². The number of nitrogens with one attached hydrogen (secondary N) is 1. The van der Waals surface area contributed by atoms with E-state index in [0.717, 1.165) is 25.9 Å². The zero-order valence-electron chi connectivity index (χ0n) is 16.3. The number of rotatable bonds is 18. The molecule has 24 heavy (non-hydrogen) atoms. The van der Waals surface area contributed by atoms with E-state index < -0.39 is 0 Å². The average Bonchev–Trinajstić information content (AvgIpc) is 2.57. The van der Waals surface area contributed by atoms with Crippen LogP contribution in [0.5, 0.6) is 0 Å². The van der Waals surface area contributed by atoms with Crippen molar-refractivity contribution in [1.82, 2.24) is 10.2 Å². The third-order valence-corrected chi connectivity index (χ3v) is 4.53. The fraction of sp³-hybridized carbons (Fsp3) is 0.950. The first-order valence-electron chi connectivity index (χ1n) is 10.3. The number of carbonyl (C=O) groups is 1. The highest BCUT2D eigenvalue weighted by Gasteiger charge is 2.01. The van der Waals surface area contributed by atoms with Crippen LogP contribution in [0.25, 0.3) is 0 Å². The van der Waals surface area contributed by atoms with Crippen LogP contribution in [0.1, 0.15) is 90.4 Å². The van der Waals surface area contributed by atoms with Gasteiger partial charge < -0.3 is 15.3 Å². The van der Waals surface area contributed by atoms with Crippen LogP contribution in [0.4, 0.5) is 0 Å². The van der Waals surface area contributed by atoms with Gasteiger partial charge in [-0.05, 0) is 26.4 Å². The highest BCUT2D eigenvalue weighted by Crippen LogP contribution is 2.11. The zero-order valence-corrected chi connectivity index (χ0v) is 16.3. The summed E-state index contributed by atoms with van der Waals surface area (Å²) in [5, 5.41) is 11.8. The maximum absolute atomic E-state index is 11.7. The quantitative estimate of drug-likeness (QED) is 0.368. The molecule has 0 rings (SSSR count). The van der Waals surface area contributed by atoms with Crippen molar-refractivity contribution in [1.29, 1.82) is 0 Å². The Balaban J connectivity index is 3.20. The Morgan fingerprint density at radius 3 is 1.92 bits per heavy atom. The maximum atomic E-state index is 11.7. The Morgan fingerprint density at radius 2 is 1.38 bits per heavy atom. The molecule has 0 radical (unpaired) electrons. The van der Waals surface area contributed by atoms with Gasteiger partial charge >= 0.3 is 0 Å². The van der Waals surface area contributed by atoms with E-state index in [1.165, 1.54) is 64.2 Å². The van der Waals surface area contributed by atoms with Gasteiger partial charge in [0.05, 0.1) is 6.61 Å². The molecule has 0 aliphatic rings. The maximum Gasteiger partial charge on any atom is 0.219 e. The normalized spacial score (nSPS) is 11.2. The van der Waals surface area contributed by atoms with E-state index in [9.17, 15) is 4.79 Å². The highest BCUT2D eigenvalue weighted by atomic mass is 16.3. The molecule has 0 aliphatic carbocycles. The number of unbranched alkanes of at least 4 members (excludes halogenated alkanes) is 10. The van der Waals surface area contributed by atoms with Crippen molar-refractivity contribution in [2.45, 2.75) is 90.4 Å². The van der Waals surface area contributed by atoms with Crippen LogP contribution in [-0.4, -0.2) is 49.2 Å². The van der Waals surface area contributed by atoms with Gasteiger partial charge in [-0.3, -0.25) is 4.79 Å². The number of nitrogens with zero attached hydrogens (tertiary/aromatic N) is 1. The molecule has 1 amide bonds. The third kappa shape index (κ3) is 17.7. The van der Waals surface area contributed by atoms with E-state index in [0.29, 0.717) is 13.0 Å². The van der Waals surface area contributed by atoms with Gasteiger partial charge in [0.1, 0.15) is 0 Å². The SMILES string of the molecule is CCCCCCCCCCCCCC(=O)NCCCN(C)CCO. The summed E-state index contributed by atoms with van der Waals surface area (Å²) in [5.41, 5.74) is 0. The first kappa shape index (κ1) is 23.4. The van der Waals surface area contributed by atoms with Gasteiger partial charge in [-0.25, -0.2) is 0 Å². The molecule has 4 heteroatoms. The van der Waals surface area contributed by atoms with Gasteiger partial charge in [-0.1, -0.05) is 71.1 Å². The lowest BCUT2D eigenvalue weighted by Crippen LogP contribution is -2.29. The standard InChI is InChI=1S/C20H42N2O2/c1-3-4-5-6-7-8-9-10-11-12-13-15-20(24)21-16-14-17-22(2)18-19-23/h23H,3-19H2,1-2H3,(H,21,24). The van der Waals surface area contributed by atoms with Crippen molar-refractivity contribution in [3.05, 3.63) is 0 Å². The van der Waals surface area contributed by atoms with Crippen LogP contribution in [-0.2, 0) is 4.79 Å². The lowest BCUT2D eigenvalue weighted by Gasteiger charge is -2.14. The molecule has 0 aromatic heterocycles. The van der Waals surface area contributed by atoms with Crippen molar-refractivity contribution in [2.24, 2.45) is 0 Å². The van der Waals surface area contributed by atoms with E-state index in [-0.39, 0.29) is 12.5 Å². The molecule has 2 N–H and O–H groups in total. The molecular formula is C20H42N2O2. The molecule has 0 saturated heterocycles. The van der Waals surface area contributed by atoms with E-state index in [2.05, 4.69) is 17.1 Å². The van der Waals surface area contributed by atoms with Crippen LogP contribution < -0.4 is 5.32 Å². The molecule has 0 fully saturated rings. The molecular weight excluding hydrogens is 300 g/mol. The van der Waals surface area contributed by atoms with Gasteiger partial charge in [0.2, 0.25) is 5.91 Å². The number of aliphatic hydroxyl groups is 1. The summed E-state index contributed by atoms with van der Waals surface area (Å²) >= 11 is 0. The molecule has 0 aromatic carbocycles. The number of hydrogen-bond donors (Lipinski definition) is 2. The topological polar surface area (TPSA) is 52.6 Å².